The number of hydrogen-bond donors (Lipinski definition) is 0. The summed E-state index contributed by atoms with van der Waals surface area (Å²) in [5, 5.41) is 0. The Kier molecular flexibility index (Phi) is 3.91. The van der Waals surface area contributed by atoms with Crippen molar-refractivity contribution in [2.45, 2.75) is 19.4 Å². The number of oxazole rings is 1. The van der Waals surface area contributed by atoms with Crippen molar-refractivity contribution in [3.05, 3.63) is 72.8 Å². The fourth-order valence-corrected chi connectivity index (χ4v) is 3.28. The van der Waals surface area contributed by atoms with Crippen LogP contribution in [0.2, 0.25) is 0 Å². The predicted octanol–water partition coefficient (Wildman–Crippen LogP) is 4.72. The van der Waals surface area contributed by atoms with Gasteiger partial charge in [0.1, 0.15) is 0 Å². The van der Waals surface area contributed by atoms with Crippen molar-refractivity contribution in [3.8, 4) is 11.1 Å². The first-order chi connectivity index (χ1) is 11.9. The third-order valence-electron chi connectivity index (χ3n) is 4.42. The first kappa shape index (κ1) is 14.8. The molecule has 0 radical (unpaired) electrons. The van der Waals surface area contributed by atoms with Gasteiger partial charge < -0.3 is 9.15 Å². The molecule has 0 N–H and O–H groups in total. The number of benzene rings is 2. The van der Waals surface area contributed by atoms with Gasteiger partial charge in [-0.2, -0.15) is 4.57 Å². The molecule has 0 aliphatic carbocycles. The maximum Gasteiger partial charge on any atom is 0.377 e. The fourth-order valence-electron chi connectivity index (χ4n) is 3.28. The summed E-state index contributed by atoms with van der Waals surface area (Å²) in [6.45, 7) is 0.992. The molecule has 1 aromatic heterocycles. The van der Waals surface area contributed by atoms with Gasteiger partial charge in [0.15, 0.2) is 6.54 Å². The van der Waals surface area contributed by atoms with Gasteiger partial charge in [-0.05, 0) is 35.8 Å². The minimum atomic E-state index is 0.938. The zero-order valence-corrected chi connectivity index (χ0v) is 13.7. The molecule has 0 unspecified atom stereocenters. The van der Waals surface area contributed by atoms with E-state index in [0.29, 0.717) is 0 Å². The quantitative estimate of drug-likeness (QED) is 0.516. The van der Waals surface area contributed by atoms with E-state index in [0.717, 1.165) is 36.4 Å². The molecule has 120 valence electrons. The molecule has 3 aromatic rings. The third kappa shape index (κ3) is 2.62. The van der Waals surface area contributed by atoms with Crippen LogP contribution in [0.5, 0.6) is 0 Å². The maximum absolute atomic E-state index is 6.14. The topological polar surface area (TPSA) is 26.2 Å². The van der Waals surface area contributed by atoms with E-state index in [-0.39, 0.29) is 0 Å². The van der Waals surface area contributed by atoms with Crippen molar-refractivity contribution in [1.29, 1.82) is 0 Å². The molecule has 0 fully saturated rings. The summed E-state index contributed by atoms with van der Waals surface area (Å²) < 4.78 is 13.4. The van der Waals surface area contributed by atoms with Crippen molar-refractivity contribution in [3.63, 3.8) is 0 Å². The van der Waals surface area contributed by atoms with E-state index in [1.807, 2.05) is 12.1 Å². The van der Waals surface area contributed by atoms with Crippen LogP contribution >= 0.6 is 0 Å². The number of allylic oxidation sites excluding steroid dienone is 3. The molecular formula is C21H20NO2+. The monoisotopic (exact) mass is 318 g/mol. The minimum Gasteiger partial charge on any atom is -0.504 e. The minimum absolute atomic E-state index is 0.938. The fraction of sp³-hybridized carbons (Fsp3) is 0.190. The van der Waals surface area contributed by atoms with Gasteiger partial charge in [0, 0.05) is 12.5 Å². The van der Waals surface area contributed by atoms with Crippen LogP contribution in [0.3, 0.4) is 0 Å². The third-order valence-corrected chi connectivity index (χ3v) is 4.42. The van der Waals surface area contributed by atoms with Crippen molar-refractivity contribution in [2.75, 3.05) is 7.11 Å². The summed E-state index contributed by atoms with van der Waals surface area (Å²) in [4.78, 5) is 0. The van der Waals surface area contributed by atoms with Gasteiger partial charge in [-0.15, -0.1) is 0 Å². The van der Waals surface area contributed by atoms with E-state index in [2.05, 4.69) is 53.1 Å². The van der Waals surface area contributed by atoms with E-state index in [4.69, 9.17) is 9.15 Å². The molecule has 1 aliphatic heterocycles. The SMILES string of the molecule is COC=CC=C1CCC[n+]2c1oc1ccc(-c3ccccc3)cc12. The van der Waals surface area contributed by atoms with Crippen LogP contribution in [0.25, 0.3) is 27.8 Å². The molecule has 0 spiro atoms. The average molecular weight is 318 g/mol. The highest BCUT2D eigenvalue weighted by Gasteiger charge is 2.29. The first-order valence-corrected chi connectivity index (χ1v) is 8.27. The van der Waals surface area contributed by atoms with E-state index in [1.54, 1.807) is 13.4 Å². The molecule has 4 rings (SSSR count). The van der Waals surface area contributed by atoms with Gasteiger partial charge in [-0.3, -0.25) is 0 Å². The van der Waals surface area contributed by atoms with Gasteiger partial charge in [0.05, 0.1) is 18.9 Å². The summed E-state index contributed by atoms with van der Waals surface area (Å²) >= 11 is 0. The summed E-state index contributed by atoms with van der Waals surface area (Å²) in [7, 11) is 1.66. The number of hydrogen-bond acceptors (Lipinski definition) is 2. The molecule has 0 saturated carbocycles. The van der Waals surface area contributed by atoms with Crippen LogP contribution < -0.4 is 4.57 Å². The number of aryl methyl sites for hydroxylation is 1. The van der Waals surface area contributed by atoms with Crippen molar-refractivity contribution in [2.24, 2.45) is 0 Å². The van der Waals surface area contributed by atoms with Crippen molar-refractivity contribution >= 4 is 16.7 Å². The Hall–Kier alpha value is -2.81. The zero-order chi connectivity index (χ0) is 16.4. The second kappa shape index (κ2) is 6.36. The summed E-state index contributed by atoms with van der Waals surface area (Å²) in [6, 6.07) is 16.9. The van der Waals surface area contributed by atoms with Crippen molar-refractivity contribution in [1.82, 2.24) is 0 Å². The van der Waals surface area contributed by atoms with Crippen LogP contribution in [0, 0.1) is 0 Å². The van der Waals surface area contributed by atoms with E-state index in [1.165, 1.54) is 16.7 Å². The Morgan fingerprint density at radius 3 is 2.79 bits per heavy atom. The van der Waals surface area contributed by atoms with Gasteiger partial charge in [0.25, 0.3) is 5.52 Å². The van der Waals surface area contributed by atoms with Crippen LogP contribution in [0.15, 0.2) is 71.4 Å². The average Bonchev–Trinajstić information content (AvgIpc) is 3.01. The lowest BCUT2D eigenvalue weighted by Gasteiger charge is -2.07. The molecule has 2 aromatic carbocycles. The lowest BCUT2D eigenvalue weighted by molar-refractivity contribution is -0.682. The molecule has 0 atom stereocenters. The Morgan fingerprint density at radius 1 is 1.08 bits per heavy atom. The lowest BCUT2D eigenvalue weighted by Crippen LogP contribution is -2.39. The Bertz CT molecular complexity index is 920. The summed E-state index contributed by atoms with van der Waals surface area (Å²) in [5.74, 6) is 0.960. The van der Waals surface area contributed by atoms with E-state index < -0.39 is 0 Å². The molecule has 1 aliphatic rings. The Labute approximate surface area is 141 Å². The molecule has 3 nitrogen and oxygen atoms in total. The van der Waals surface area contributed by atoms with Crippen LogP contribution in [0.4, 0.5) is 0 Å². The largest absolute Gasteiger partial charge is 0.504 e. The first-order valence-electron chi connectivity index (χ1n) is 8.27. The van der Waals surface area contributed by atoms with Gasteiger partial charge in [0.2, 0.25) is 5.58 Å². The molecule has 24 heavy (non-hydrogen) atoms. The number of aromatic nitrogens is 1. The molecule has 2 heterocycles. The molecular weight excluding hydrogens is 298 g/mol. The second-order valence-corrected chi connectivity index (χ2v) is 5.97. The van der Waals surface area contributed by atoms with E-state index in [9.17, 15) is 0 Å². The van der Waals surface area contributed by atoms with Gasteiger partial charge in [-0.25, -0.2) is 0 Å². The highest BCUT2D eigenvalue weighted by atomic mass is 16.5. The van der Waals surface area contributed by atoms with Gasteiger partial charge >= 0.3 is 5.89 Å². The normalized spacial score (nSPS) is 16.0. The second-order valence-electron chi connectivity index (χ2n) is 5.97. The maximum atomic E-state index is 6.14. The number of methoxy groups -OCH3 is 1. The highest BCUT2D eigenvalue weighted by molar-refractivity contribution is 5.79. The molecule has 0 bridgehead atoms. The number of rotatable bonds is 3. The number of fused-ring (bicyclic) bond motifs is 3. The molecule has 0 amide bonds. The molecule has 0 saturated heterocycles. The van der Waals surface area contributed by atoms with Gasteiger partial charge in [-0.1, -0.05) is 36.4 Å². The standard InChI is InChI=1S/C21H20NO2/c1-23-14-6-10-17-9-5-13-22-19-15-18(16-7-3-2-4-8-16)11-12-20(19)24-21(17)22/h2-4,6-8,10-12,14-15H,5,9,13H2,1H3/q+1. The Morgan fingerprint density at radius 2 is 1.96 bits per heavy atom. The number of nitrogens with zero attached hydrogens (tertiary/aromatic N) is 1. The lowest BCUT2D eigenvalue weighted by atomic mass is 10.0. The smallest absolute Gasteiger partial charge is 0.377 e. The van der Waals surface area contributed by atoms with E-state index >= 15 is 0 Å². The predicted molar refractivity (Wildman–Crippen MR) is 95.2 cm³/mol. The molecule has 3 heteroatoms. The van der Waals surface area contributed by atoms with Crippen LogP contribution in [-0.2, 0) is 11.3 Å². The highest BCUT2D eigenvalue weighted by Crippen LogP contribution is 2.29. The Balaban J connectivity index is 1.82. The summed E-state index contributed by atoms with van der Waals surface area (Å²) in [6.07, 6.45) is 7.83. The van der Waals surface area contributed by atoms with Crippen LogP contribution in [0.1, 0.15) is 18.7 Å². The zero-order valence-electron chi connectivity index (χ0n) is 13.7. The van der Waals surface area contributed by atoms with Crippen LogP contribution in [-0.4, -0.2) is 7.11 Å². The van der Waals surface area contributed by atoms with Crippen molar-refractivity contribution < 1.29 is 13.7 Å². The number of ether oxygens (including phenoxy) is 1. The summed E-state index contributed by atoms with van der Waals surface area (Å²) in [5.41, 5.74) is 5.76.